The number of nitrogens with zero attached hydrogens (tertiary/aromatic N) is 1. The van der Waals surface area contributed by atoms with Gasteiger partial charge in [-0.25, -0.2) is 17.5 Å². The van der Waals surface area contributed by atoms with Gasteiger partial charge >= 0.3 is 0 Å². The van der Waals surface area contributed by atoms with Crippen molar-refractivity contribution in [3.05, 3.63) is 93.2 Å². The molecule has 5 rings (SSSR count). The number of carbonyl (C=O) groups excluding carboxylic acids is 1. The van der Waals surface area contributed by atoms with Crippen LogP contribution in [0.4, 0.5) is 4.39 Å². The lowest BCUT2D eigenvalue weighted by Crippen LogP contribution is -2.36. The Morgan fingerprint density at radius 1 is 1.00 bits per heavy atom. The van der Waals surface area contributed by atoms with Gasteiger partial charge in [0, 0.05) is 24.9 Å². The van der Waals surface area contributed by atoms with Crippen molar-refractivity contribution in [1.29, 1.82) is 0 Å². The Hall–Kier alpha value is -2.69. The van der Waals surface area contributed by atoms with Crippen LogP contribution in [0.1, 0.15) is 60.9 Å². The highest BCUT2D eigenvalue weighted by molar-refractivity contribution is 7.89. The van der Waals surface area contributed by atoms with Crippen molar-refractivity contribution in [1.82, 2.24) is 14.9 Å². The third-order valence-corrected chi connectivity index (χ3v) is 9.68. The zero-order valence-electron chi connectivity index (χ0n) is 22.4. The average molecular weight is 621 g/mol. The van der Waals surface area contributed by atoms with Crippen molar-refractivity contribution < 1.29 is 22.3 Å². The van der Waals surface area contributed by atoms with Crippen LogP contribution < -0.4 is 14.8 Å². The molecule has 2 N–H and O–H groups in total. The number of halogens is 3. The maximum atomic E-state index is 13.6. The van der Waals surface area contributed by atoms with Gasteiger partial charge in [-0.3, -0.25) is 9.69 Å². The number of likely N-dealkylation sites (tertiary alicyclic amines) is 1. The number of carbonyl (C=O) groups is 1. The molecule has 2 atom stereocenters. The minimum absolute atomic E-state index is 0.0860. The first kappa shape index (κ1) is 29.8. The Morgan fingerprint density at radius 3 is 2.49 bits per heavy atom. The van der Waals surface area contributed by atoms with Crippen LogP contribution in [0.2, 0.25) is 10.0 Å². The van der Waals surface area contributed by atoms with Gasteiger partial charge in [0.2, 0.25) is 15.9 Å². The van der Waals surface area contributed by atoms with E-state index in [1.807, 2.05) is 6.07 Å². The van der Waals surface area contributed by atoms with Crippen LogP contribution in [0.3, 0.4) is 0 Å². The molecule has 2 aliphatic heterocycles. The summed E-state index contributed by atoms with van der Waals surface area (Å²) in [6, 6.07) is 14.2. The first-order valence-corrected chi connectivity index (χ1v) is 15.9. The summed E-state index contributed by atoms with van der Waals surface area (Å²) < 4.78 is 48.6. The molecule has 0 aliphatic carbocycles. The number of fused-ring (bicyclic) bond motifs is 1. The molecule has 1 amide bonds. The first-order valence-electron chi connectivity index (χ1n) is 13.7. The van der Waals surface area contributed by atoms with Gasteiger partial charge in [-0.2, -0.15) is 0 Å². The van der Waals surface area contributed by atoms with E-state index >= 15 is 0 Å². The molecule has 1 saturated heterocycles. The molecule has 41 heavy (non-hydrogen) atoms. The molecule has 2 unspecified atom stereocenters. The predicted octanol–water partition coefficient (Wildman–Crippen LogP) is 6.17. The average Bonchev–Trinajstić information content (AvgIpc) is 2.95. The molecule has 0 bridgehead atoms. The number of amides is 1. The maximum absolute atomic E-state index is 13.6. The van der Waals surface area contributed by atoms with Crippen molar-refractivity contribution in [2.24, 2.45) is 0 Å². The second-order valence-corrected chi connectivity index (χ2v) is 13.0. The summed E-state index contributed by atoms with van der Waals surface area (Å²) in [4.78, 5) is 15.7. The Balaban J connectivity index is 1.31. The largest absolute Gasteiger partial charge is 0.493 e. The predicted molar refractivity (Wildman–Crippen MR) is 157 cm³/mol. The molecule has 2 aliphatic rings. The van der Waals surface area contributed by atoms with E-state index in [0.29, 0.717) is 18.6 Å². The number of hydrogen-bond acceptors (Lipinski definition) is 5. The highest BCUT2D eigenvalue weighted by Gasteiger charge is 2.28. The number of nitrogens with one attached hydrogen (secondary N) is 2. The minimum Gasteiger partial charge on any atom is -0.493 e. The minimum atomic E-state index is -4.09. The van der Waals surface area contributed by atoms with Gasteiger partial charge in [-0.1, -0.05) is 53.9 Å². The van der Waals surface area contributed by atoms with Gasteiger partial charge in [0.05, 0.1) is 33.6 Å². The lowest BCUT2D eigenvalue weighted by molar-refractivity contribution is -0.122. The molecular weight excluding hydrogens is 588 g/mol. The monoisotopic (exact) mass is 619 g/mol. The van der Waals surface area contributed by atoms with Gasteiger partial charge in [-0.05, 0) is 73.5 Å². The van der Waals surface area contributed by atoms with Crippen LogP contribution >= 0.6 is 23.2 Å². The molecule has 2 heterocycles. The standard InChI is InChI=1S/C30H32Cl2FN3O4S/c31-25-11-9-23(17-26(25)32)41(38,39)35-28(21-5-7-22(33)8-6-21)18-30(37)34-27-12-15-40-29-16-20(4-10-24(27)29)19-36-13-2-1-3-14-36/h4-11,16-17,27-28,35H,1-3,12-15,18-19H2,(H,34,37). The van der Waals surface area contributed by atoms with Crippen molar-refractivity contribution in [2.75, 3.05) is 19.7 Å². The Kier molecular flexibility index (Phi) is 9.51. The van der Waals surface area contributed by atoms with E-state index in [1.54, 1.807) is 0 Å². The van der Waals surface area contributed by atoms with Gasteiger partial charge < -0.3 is 10.1 Å². The SMILES string of the molecule is O=C(CC(NS(=O)(=O)c1ccc(Cl)c(Cl)c1)c1ccc(F)cc1)NC1CCOc2cc(CN3CCCCC3)ccc21. The summed E-state index contributed by atoms with van der Waals surface area (Å²) in [5, 5.41) is 3.36. The summed E-state index contributed by atoms with van der Waals surface area (Å²) >= 11 is 12.0. The van der Waals surface area contributed by atoms with E-state index < -0.39 is 21.9 Å². The molecule has 218 valence electrons. The highest BCUT2D eigenvalue weighted by atomic mass is 35.5. The van der Waals surface area contributed by atoms with Crippen LogP contribution in [0.25, 0.3) is 0 Å². The molecule has 0 spiro atoms. The lowest BCUT2D eigenvalue weighted by Gasteiger charge is -2.29. The molecule has 0 saturated carbocycles. The number of ether oxygens (including phenoxy) is 1. The highest BCUT2D eigenvalue weighted by Crippen LogP contribution is 2.34. The Morgan fingerprint density at radius 2 is 1.76 bits per heavy atom. The topological polar surface area (TPSA) is 87.7 Å². The van der Waals surface area contributed by atoms with Crippen LogP contribution in [0, 0.1) is 5.82 Å². The summed E-state index contributed by atoms with van der Waals surface area (Å²) in [6.07, 6.45) is 4.10. The Bertz CT molecular complexity index is 1500. The van der Waals surface area contributed by atoms with E-state index in [1.165, 1.54) is 67.3 Å². The van der Waals surface area contributed by atoms with Crippen molar-refractivity contribution in [2.45, 2.75) is 55.6 Å². The fourth-order valence-electron chi connectivity index (χ4n) is 5.32. The normalized spacial score (nSPS) is 18.3. The molecular formula is C30H32Cl2FN3O4S. The molecule has 7 nitrogen and oxygen atoms in total. The zero-order chi connectivity index (χ0) is 29.0. The fraction of sp³-hybridized carbons (Fsp3) is 0.367. The number of benzene rings is 3. The van der Waals surface area contributed by atoms with E-state index in [9.17, 15) is 17.6 Å². The van der Waals surface area contributed by atoms with E-state index in [2.05, 4.69) is 27.1 Å². The molecule has 11 heteroatoms. The van der Waals surface area contributed by atoms with Gasteiger partial charge in [0.15, 0.2) is 0 Å². The first-order chi connectivity index (χ1) is 19.7. The number of piperidine rings is 1. The van der Waals surface area contributed by atoms with E-state index in [-0.39, 0.29) is 33.3 Å². The van der Waals surface area contributed by atoms with Crippen molar-refractivity contribution >= 4 is 39.1 Å². The fourth-order valence-corrected chi connectivity index (χ4v) is 6.93. The number of rotatable bonds is 9. The smallest absolute Gasteiger partial charge is 0.241 e. The maximum Gasteiger partial charge on any atom is 0.241 e. The summed E-state index contributed by atoms with van der Waals surface area (Å²) in [5.41, 5.74) is 2.51. The van der Waals surface area contributed by atoms with Gasteiger partial charge in [0.25, 0.3) is 0 Å². The van der Waals surface area contributed by atoms with Gasteiger partial charge in [-0.15, -0.1) is 0 Å². The number of hydrogen-bond donors (Lipinski definition) is 2. The third kappa shape index (κ3) is 7.59. The molecule has 0 aromatic heterocycles. The lowest BCUT2D eigenvalue weighted by atomic mass is 9.97. The summed E-state index contributed by atoms with van der Waals surface area (Å²) in [7, 11) is -4.09. The van der Waals surface area contributed by atoms with Crippen LogP contribution in [0.5, 0.6) is 5.75 Å². The quantitative estimate of drug-likeness (QED) is 0.299. The Labute approximate surface area is 250 Å². The van der Waals surface area contributed by atoms with Crippen molar-refractivity contribution in [3.63, 3.8) is 0 Å². The van der Waals surface area contributed by atoms with Crippen LogP contribution in [0.15, 0.2) is 65.6 Å². The van der Waals surface area contributed by atoms with E-state index in [4.69, 9.17) is 27.9 Å². The van der Waals surface area contributed by atoms with Crippen LogP contribution in [-0.4, -0.2) is 38.9 Å². The van der Waals surface area contributed by atoms with Crippen LogP contribution in [-0.2, 0) is 21.4 Å². The zero-order valence-corrected chi connectivity index (χ0v) is 24.7. The second kappa shape index (κ2) is 13.1. The summed E-state index contributed by atoms with van der Waals surface area (Å²) in [5.74, 6) is -0.0689. The third-order valence-electron chi connectivity index (χ3n) is 7.47. The second-order valence-electron chi connectivity index (χ2n) is 10.5. The number of sulfonamides is 1. The molecule has 3 aromatic carbocycles. The van der Waals surface area contributed by atoms with Crippen molar-refractivity contribution in [3.8, 4) is 5.75 Å². The van der Waals surface area contributed by atoms with Gasteiger partial charge in [0.1, 0.15) is 11.6 Å². The molecule has 1 fully saturated rings. The molecule has 0 radical (unpaired) electrons. The van der Waals surface area contributed by atoms with E-state index in [0.717, 1.165) is 30.9 Å². The molecule has 3 aromatic rings. The summed E-state index contributed by atoms with van der Waals surface area (Å²) in [6.45, 7) is 3.52.